The molecular formula is C27H27F2N7O3. The number of hydrogen-bond acceptors (Lipinski definition) is 8. The van der Waals surface area contributed by atoms with Gasteiger partial charge >= 0.3 is 0 Å². The van der Waals surface area contributed by atoms with Gasteiger partial charge in [0.2, 0.25) is 5.95 Å². The van der Waals surface area contributed by atoms with Crippen molar-refractivity contribution < 1.29 is 23.0 Å². The minimum absolute atomic E-state index is 0.0390. The number of fused-ring (bicyclic) bond motifs is 1. The quantitative estimate of drug-likeness (QED) is 0.402. The van der Waals surface area contributed by atoms with Crippen molar-refractivity contribution in [3.8, 4) is 5.69 Å². The molecule has 1 amide bonds. The molecule has 1 N–H and O–H groups in total. The average molecular weight is 536 g/mol. The van der Waals surface area contributed by atoms with Crippen LogP contribution in [-0.2, 0) is 16.0 Å². The molecule has 12 heteroatoms. The summed E-state index contributed by atoms with van der Waals surface area (Å²) in [4.78, 5) is 29.5. The van der Waals surface area contributed by atoms with Gasteiger partial charge in [-0.25, -0.2) is 18.7 Å². The number of benzene rings is 1. The van der Waals surface area contributed by atoms with Crippen LogP contribution in [0.15, 0.2) is 48.9 Å². The molecule has 2 saturated heterocycles. The highest BCUT2D eigenvalue weighted by Gasteiger charge is 2.20. The number of carbonyl (C=O) groups is 1. The molecule has 0 aliphatic carbocycles. The Morgan fingerprint density at radius 3 is 2.33 bits per heavy atom. The Labute approximate surface area is 223 Å². The maximum atomic E-state index is 15.0. The molecule has 0 radical (unpaired) electrons. The first-order valence-electron chi connectivity index (χ1n) is 12.8. The number of anilines is 2. The predicted molar refractivity (Wildman–Crippen MR) is 139 cm³/mol. The van der Waals surface area contributed by atoms with Crippen LogP contribution < -0.4 is 5.32 Å². The number of pyridine rings is 1. The van der Waals surface area contributed by atoms with E-state index in [1.54, 1.807) is 40.1 Å². The van der Waals surface area contributed by atoms with E-state index in [1.165, 1.54) is 18.3 Å². The van der Waals surface area contributed by atoms with Gasteiger partial charge in [0.25, 0.3) is 5.91 Å². The fourth-order valence-electron chi connectivity index (χ4n) is 4.70. The summed E-state index contributed by atoms with van der Waals surface area (Å²) in [6.45, 7) is 4.69. The summed E-state index contributed by atoms with van der Waals surface area (Å²) in [6, 6.07) is 7.80. The van der Waals surface area contributed by atoms with Gasteiger partial charge in [0.05, 0.1) is 44.0 Å². The standard InChI is InChI=1S/C27H27F2N7O3/c28-22-13-20(14-23(29)21(22)17-34-5-9-38-10-6-34)36-4-3-18-15-31-27(33-25(18)36)32-19-1-2-24(30-16-19)26(37)35-7-11-39-12-8-35/h1-4,13-16H,5-12,17H2,(H,31,32,33). The number of hydrogen-bond donors (Lipinski definition) is 1. The smallest absolute Gasteiger partial charge is 0.272 e. The van der Waals surface area contributed by atoms with Gasteiger partial charge in [0.15, 0.2) is 0 Å². The second-order valence-electron chi connectivity index (χ2n) is 9.40. The molecule has 2 aliphatic rings. The molecule has 0 bridgehead atoms. The molecule has 6 rings (SSSR count). The Bertz CT molecular complexity index is 1460. The summed E-state index contributed by atoms with van der Waals surface area (Å²) >= 11 is 0. The van der Waals surface area contributed by atoms with Crippen LogP contribution in [0.25, 0.3) is 16.7 Å². The van der Waals surface area contributed by atoms with E-state index in [0.29, 0.717) is 80.7 Å². The molecule has 39 heavy (non-hydrogen) atoms. The topological polar surface area (TPSA) is 97.6 Å². The molecule has 2 fully saturated rings. The number of morpholine rings is 2. The zero-order chi connectivity index (χ0) is 26.8. The monoisotopic (exact) mass is 535 g/mol. The zero-order valence-corrected chi connectivity index (χ0v) is 21.1. The second-order valence-corrected chi connectivity index (χ2v) is 9.40. The van der Waals surface area contributed by atoms with E-state index >= 15 is 8.78 Å². The number of rotatable bonds is 6. The Kier molecular flexibility index (Phi) is 7.14. The largest absolute Gasteiger partial charge is 0.379 e. The van der Waals surface area contributed by atoms with Crippen LogP contribution in [0.3, 0.4) is 0 Å². The van der Waals surface area contributed by atoms with Gasteiger partial charge in [-0.3, -0.25) is 9.69 Å². The lowest BCUT2D eigenvalue weighted by atomic mass is 10.1. The van der Waals surface area contributed by atoms with Crippen molar-refractivity contribution >= 4 is 28.6 Å². The van der Waals surface area contributed by atoms with E-state index in [-0.39, 0.29) is 24.0 Å². The molecule has 4 aromatic rings. The van der Waals surface area contributed by atoms with Crippen LogP contribution in [-0.4, -0.2) is 87.8 Å². The average Bonchev–Trinajstić information content (AvgIpc) is 3.39. The van der Waals surface area contributed by atoms with Gasteiger partial charge in [-0.05, 0) is 30.3 Å². The molecule has 0 saturated carbocycles. The van der Waals surface area contributed by atoms with Gasteiger partial charge in [-0.2, -0.15) is 4.98 Å². The van der Waals surface area contributed by atoms with Crippen LogP contribution >= 0.6 is 0 Å². The van der Waals surface area contributed by atoms with Gasteiger partial charge in [-0.1, -0.05) is 0 Å². The normalized spacial score (nSPS) is 16.5. The first-order chi connectivity index (χ1) is 19.0. The lowest BCUT2D eigenvalue weighted by Gasteiger charge is -2.27. The summed E-state index contributed by atoms with van der Waals surface area (Å²) in [5.74, 6) is -1.08. The van der Waals surface area contributed by atoms with Gasteiger partial charge in [0.1, 0.15) is 23.0 Å². The Morgan fingerprint density at radius 1 is 0.923 bits per heavy atom. The SMILES string of the molecule is O=C(c1ccc(Nc2ncc3ccn(-c4cc(F)c(CN5CCOCC5)c(F)c4)c3n2)cn1)N1CCOCC1. The lowest BCUT2D eigenvalue weighted by Crippen LogP contribution is -2.41. The summed E-state index contributed by atoms with van der Waals surface area (Å²) < 4.78 is 42.3. The molecule has 1 aromatic carbocycles. The Balaban J connectivity index is 1.21. The van der Waals surface area contributed by atoms with Crippen molar-refractivity contribution in [1.29, 1.82) is 0 Å². The number of nitrogens with one attached hydrogen (secondary N) is 1. The number of aromatic nitrogens is 4. The van der Waals surface area contributed by atoms with Crippen molar-refractivity contribution in [1.82, 2.24) is 29.3 Å². The van der Waals surface area contributed by atoms with E-state index in [2.05, 4.69) is 20.3 Å². The van der Waals surface area contributed by atoms with Gasteiger partial charge < -0.3 is 24.3 Å². The third kappa shape index (κ3) is 5.44. The first-order valence-corrected chi connectivity index (χ1v) is 12.8. The van der Waals surface area contributed by atoms with Crippen molar-refractivity contribution in [2.75, 3.05) is 57.9 Å². The van der Waals surface area contributed by atoms with E-state index in [4.69, 9.17) is 9.47 Å². The van der Waals surface area contributed by atoms with E-state index in [1.807, 2.05) is 4.90 Å². The molecule has 0 spiro atoms. The highest BCUT2D eigenvalue weighted by Crippen LogP contribution is 2.25. The molecule has 3 aromatic heterocycles. The third-order valence-corrected chi connectivity index (χ3v) is 6.85. The Hall–Kier alpha value is -4.00. The van der Waals surface area contributed by atoms with E-state index in [0.717, 1.165) is 0 Å². The van der Waals surface area contributed by atoms with Crippen molar-refractivity contribution in [2.45, 2.75) is 6.54 Å². The first kappa shape index (κ1) is 25.3. The Morgan fingerprint density at radius 2 is 1.64 bits per heavy atom. The third-order valence-electron chi connectivity index (χ3n) is 6.85. The maximum Gasteiger partial charge on any atom is 0.272 e. The lowest BCUT2D eigenvalue weighted by molar-refractivity contribution is 0.0299. The molecule has 2 aliphatic heterocycles. The highest BCUT2D eigenvalue weighted by molar-refractivity contribution is 5.92. The maximum absolute atomic E-state index is 15.0. The van der Waals surface area contributed by atoms with Crippen LogP contribution in [0.5, 0.6) is 0 Å². The van der Waals surface area contributed by atoms with Gasteiger partial charge in [0, 0.05) is 56.1 Å². The number of nitrogens with zero attached hydrogens (tertiary/aromatic N) is 6. The highest BCUT2D eigenvalue weighted by atomic mass is 19.1. The molecule has 5 heterocycles. The summed E-state index contributed by atoms with van der Waals surface area (Å²) in [5, 5.41) is 3.79. The molecule has 0 atom stereocenters. The minimum Gasteiger partial charge on any atom is -0.379 e. The number of amides is 1. The second kappa shape index (κ2) is 11.0. The van der Waals surface area contributed by atoms with Gasteiger partial charge in [-0.15, -0.1) is 0 Å². The van der Waals surface area contributed by atoms with Crippen LogP contribution in [0, 0.1) is 11.6 Å². The van der Waals surface area contributed by atoms with Crippen LogP contribution in [0.1, 0.15) is 16.1 Å². The zero-order valence-electron chi connectivity index (χ0n) is 21.1. The summed E-state index contributed by atoms with van der Waals surface area (Å²) in [7, 11) is 0. The summed E-state index contributed by atoms with van der Waals surface area (Å²) in [6.07, 6.45) is 4.87. The van der Waals surface area contributed by atoms with E-state index < -0.39 is 11.6 Å². The minimum atomic E-state index is -0.608. The molecule has 10 nitrogen and oxygen atoms in total. The van der Waals surface area contributed by atoms with Crippen molar-refractivity contribution in [3.05, 3.63) is 71.8 Å². The van der Waals surface area contributed by atoms with Crippen LogP contribution in [0.4, 0.5) is 20.4 Å². The van der Waals surface area contributed by atoms with Crippen molar-refractivity contribution in [2.24, 2.45) is 0 Å². The molecule has 0 unspecified atom stereocenters. The van der Waals surface area contributed by atoms with Crippen LogP contribution in [0.2, 0.25) is 0 Å². The molecule has 202 valence electrons. The summed E-state index contributed by atoms with van der Waals surface area (Å²) in [5.41, 5.74) is 1.78. The number of halogens is 2. The van der Waals surface area contributed by atoms with E-state index in [9.17, 15) is 4.79 Å². The predicted octanol–water partition coefficient (Wildman–Crippen LogP) is 3.14. The number of carbonyl (C=O) groups excluding carboxylic acids is 1. The fourth-order valence-corrected chi connectivity index (χ4v) is 4.70. The fraction of sp³-hybridized carbons (Fsp3) is 0.333. The number of ether oxygens (including phenoxy) is 2. The van der Waals surface area contributed by atoms with Crippen molar-refractivity contribution in [3.63, 3.8) is 0 Å². The molecular weight excluding hydrogens is 508 g/mol.